The molecule has 0 bridgehead atoms. The Bertz CT molecular complexity index is 1160. The summed E-state index contributed by atoms with van der Waals surface area (Å²) in [4.78, 5) is 37.4. The maximum atomic E-state index is 14.2. The fourth-order valence-electron chi connectivity index (χ4n) is 4.35. The predicted molar refractivity (Wildman–Crippen MR) is 116 cm³/mol. The van der Waals surface area contributed by atoms with E-state index in [0.717, 1.165) is 22.0 Å². The molecule has 3 heterocycles. The van der Waals surface area contributed by atoms with E-state index in [2.05, 4.69) is 0 Å². The number of aliphatic imine (C=N–C) groups is 1. The molecule has 2 aromatic rings. The van der Waals surface area contributed by atoms with Crippen LogP contribution in [0.25, 0.3) is 0 Å². The number of urea groups is 1. The van der Waals surface area contributed by atoms with Crippen LogP contribution in [-0.4, -0.2) is 59.0 Å². The first-order chi connectivity index (χ1) is 15.4. The molecule has 5 rings (SSSR count). The molecule has 2 unspecified atom stereocenters. The van der Waals surface area contributed by atoms with Crippen LogP contribution in [0.5, 0.6) is 5.75 Å². The summed E-state index contributed by atoms with van der Waals surface area (Å²) in [5.41, 5.74) is 2.04. The van der Waals surface area contributed by atoms with Crippen LogP contribution in [0.1, 0.15) is 12.5 Å². The van der Waals surface area contributed by atoms with E-state index in [0.29, 0.717) is 5.96 Å². The number of nitrogens with zero attached hydrogens (tertiary/aromatic N) is 5. The summed E-state index contributed by atoms with van der Waals surface area (Å²) >= 11 is 0. The second-order valence-corrected chi connectivity index (χ2v) is 7.91. The van der Waals surface area contributed by atoms with Crippen LogP contribution < -0.4 is 9.64 Å². The first kappa shape index (κ1) is 20.0. The predicted octanol–water partition coefficient (Wildman–Crippen LogP) is 2.98. The third-order valence-corrected chi connectivity index (χ3v) is 6.00. The van der Waals surface area contributed by atoms with Crippen molar-refractivity contribution >= 4 is 23.6 Å². The van der Waals surface area contributed by atoms with Gasteiger partial charge in [0.05, 0.1) is 13.7 Å². The highest BCUT2D eigenvalue weighted by molar-refractivity contribution is 6.09. The van der Waals surface area contributed by atoms with Crippen molar-refractivity contribution in [3.8, 4) is 5.75 Å². The van der Waals surface area contributed by atoms with E-state index in [1.165, 1.54) is 11.0 Å². The number of halogens is 1. The van der Waals surface area contributed by atoms with Crippen molar-refractivity contribution < 1.29 is 18.7 Å². The van der Waals surface area contributed by atoms with Gasteiger partial charge in [0, 0.05) is 30.2 Å². The Labute approximate surface area is 184 Å². The van der Waals surface area contributed by atoms with E-state index < -0.39 is 30.0 Å². The second-order valence-electron chi connectivity index (χ2n) is 7.91. The lowest BCUT2D eigenvalue weighted by atomic mass is 10.1. The minimum atomic E-state index is -0.710. The Morgan fingerprint density at radius 2 is 1.81 bits per heavy atom. The lowest BCUT2D eigenvalue weighted by Crippen LogP contribution is -2.63. The van der Waals surface area contributed by atoms with Crippen molar-refractivity contribution in [2.75, 3.05) is 19.1 Å². The number of hydrogen-bond donors (Lipinski definition) is 0. The number of anilines is 1. The summed E-state index contributed by atoms with van der Waals surface area (Å²) < 4.78 is 19.4. The van der Waals surface area contributed by atoms with Crippen molar-refractivity contribution in [2.24, 2.45) is 4.99 Å². The summed E-state index contributed by atoms with van der Waals surface area (Å²) in [5.74, 6) is 0.450. The van der Waals surface area contributed by atoms with Crippen molar-refractivity contribution in [1.29, 1.82) is 0 Å². The molecule has 2 atom stereocenters. The third-order valence-electron chi connectivity index (χ3n) is 6.00. The first-order valence-electron chi connectivity index (χ1n) is 10.2. The monoisotopic (exact) mass is 435 g/mol. The number of methoxy groups -OCH3 is 1. The molecule has 3 aliphatic heterocycles. The van der Waals surface area contributed by atoms with Crippen molar-refractivity contribution in [2.45, 2.75) is 25.7 Å². The number of carbonyl (C=O) groups excluding carboxylic acids is 2. The minimum absolute atomic E-state index is 0.133. The average molecular weight is 435 g/mol. The number of hydrogen-bond acceptors (Lipinski definition) is 6. The number of ether oxygens (including phenoxy) is 1. The fourth-order valence-corrected chi connectivity index (χ4v) is 4.35. The van der Waals surface area contributed by atoms with E-state index in [1.54, 1.807) is 37.3 Å². The maximum absolute atomic E-state index is 14.2. The smallest absolute Gasteiger partial charge is 0.328 e. The number of rotatable bonds is 4. The number of amides is 3. The highest BCUT2D eigenvalue weighted by Gasteiger charge is 2.54. The van der Waals surface area contributed by atoms with Crippen LogP contribution in [-0.2, 0) is 11.3 Å². The van der Waals surface area contributed by atoms with Crippen LogP contribution in [0.2, 0.25) is 0 Å². The second kappa shape index (κ2) is 7.37. The molecule has 0 aromatic heterocycles. The molecule has 32 heavy (non-hydrogen) atoms. The highest BCUT2D eigenvalue weighted by Crippen LogP contribution is 2.37. The Morgan fingerprint density at radius 3 is 2.50 bits per heavy atom. The Kier molecular flexibility index (Phi) is 4.61. The van der Waals surface area contributed by atoms with Gasteiger partial charge in [0.1, 0.15) is 11.6 Å². The largest absolute Gasteiger partial charge is 0.497 e. The standard InChI is InChI=1S/C23H22FN5O3/c1-14-12-27-19-20(25-22(27)29(14)16-8-10-17(32-3)11-9-16)26(2)23(31)28(21(19)30)13-15-6-4-5-7-18(15)24/h4-12,19-20H,13H2,1-3H3. The van der Waals surface area contributed by atoms with Gasteiger partial charge in [-0.05, 0) is 37.3 Å². The molecule has 0 saturated carbocycles. The molecule has 1 fully saturated rings. The number of allylic oxidation sites excluding steroid dienone is 1. The van der Waals surface area contributed by atoms with Crippen LogP contribution in [0, 0.1) is 5.82 Å². The van der Waals surface area contributed by atoms with E-state index in [9.17, 15) is 14.0 Å². The number of benzene rings is 2. The molecular weight excluding hydrogens is 413 g/mol. The molecule has 3 amide bonds. The van der Waals surface area contributed by atoms with Gasteiger partial charge in [0.2, 0.25) is 5.96 Å². The van der Waals surface area contributed by atoms with Gasteiger partial charge in [-0.2, -0.15) is 0 Å². The quantitative estimate of drug-likeness (QED) is 0.739. The fraction of sp³-hybridized carbons (Fsp3) is 0.261. The molecule has 3 aliphatic rings. The van der Waals surface area contributed by atoms with Crippen LogP contribution in [0.15, 0.2) is 65.4 Å². The van der Waals surface area contributed by atoms with Gasteiger partial charge in [-0.1, -0.05) is 18.2 Å². The van der Waals surface area contributed by atoms with Gasteiger partial charge < -0.3 is 14.5 Å². The third kappa shape index (κ3) is 2.92. The van der Waals surface area contributed by atoms with Gasteiger partial charge in [0.25, 0.3) is 5.91 Å². The summed E-state index contributed by atoms with van der Waals surface area (Å²) in [5, 5.41) is 0. The molecular formula is C23H22FN5O3. The number of carbonyl (C=O) groups is 2. The van der Waals surface area contributed by atoms with Gasteiger partial charge in [-0.3, -0.25) is 14.6 Å². The number of likely N-dealkylation sites (N-methyl/N-ethyl adjacent to an activating group) is 1. The molecule has 8 nitrogen and oxygen atoms in total. The zero-order valence-corrected chi connectivity index (χ0v) is 17.9. The van der Waals surface area contributed by atoms with E-state index >= 15 is 0 Å². The summed E-state index contributed by atoms with van der Waals surface area (Å²) in [6, 6.07) is 12.5. The lowest BCUT2D eigenvalue weighted by Gasteiger charge is -2.40. The van der Waals surface area contributed by atoms with Gasteiger partial charge in [-0.15, -0.1) is 0 Å². The highest BCUT2D eigenvalue weighted by atomic mass is 19.1. The lowest BCUT2D eigenvalue weighted by molar-refractivity contribution is -0.137. The summed E-state index contributed by atoms with van der Waals surface area (Å²) in [6.45, 7) is 1.80. The molecule has 0 N–H and O–H groups in total. The van der Waals surface area contributed by atoms with E-state index in [-0.39, 0.29) is 12.1 Å². The first-order valence-corrected chi connectivity index (χ1v) is 10.2. The number of imide groups is 1. The number of fused-ring (bicyclic) bond motifs is 3. The van der Waals surface area contributed by atoms with E-state index in [1.807, 2.05) is 42.3 Å². The SMILES string of the molecule is COc1ccc(N2C(C)=CN3C2=NC2C3C(=O)N(Cc3ccccc3F)C(=O)N2C)cc1. The Hall–Kier alpha value is -3.88. The Balaban J connectivity index is 1.47. The van der Waals surface area contributed by atoms with Crippen molar-refractivity contribution in [1.82, 2.24) is 14.7 Å². The topological polar surface area (TPSA) is 68.7 Å². The van der Waals surface area contributed by atoms with Gasteiger partial charge >= 0.3 is 6.03 Å². The Morgan fingerprint density at radius 1 is 1.09 bits per heavy atom. The van der Waals surface area contributed by atoms with Crippen LogP contribution in [0.4, 0.5) is 14.9 Å². The van der Waals surface area contributed by atoms with E-state index in [4.69, 9.17) is 9.73 Å². The van der Waals surface area contributed by atoms with Crippen molar-refractivity contribution in [3.63, 3.8) is 0 Å². The normalized spacial score (nSPS) is 22.1. The summed E-state index contributed by atoms with van der Waals surface area (Å²) in [6.07, 6.45) is 1.20. The van der Waals surface area contributed by atoms with Gasteiger partial charge in [0.15, 0.2) is 12.2 Å². The molecule has 0 radical (unpaired) electrons. The molecule has 0 aliphatic carbocycles. The number of guanidine groups is 1. The molecule has 2 aromatic carbocycles. The maximum Gasteiger partial charge on any atom is 0.328 e. The minimum Gasteiger partial charge on any atom is -0.497 e. The molecule has 9 heteroatoms. The van der Waals surface area contributed by atoms with Crippen LogP contribution >= 0.6 is 0 Å². The molecule has 1 saturated heterocycles. The van der Waals surface area contributed by atoms with Crippen molar-refractivity contribution in [3.05, 3.63) is 71.8 Å². The molecule has 164 valence electrons. The molecule has 0 spiro atoms. The van der Waals surface area contributed by atoms with Gasteiger partial charge in [-0.25, -0.2) is 14.2 Å². The zero-order valence-electron chi connectivity index (χ0n) is 17.9. The zero-order chi connectivity index (χ0) is 22.6. The van der Waals surface area contributed by atoms with Crippen LogP contribution in [0.3, 0.4) is 0 Å². The average Bonchev–Trinajstić information content (AvgIpc) is 3.31. The summed E-state index contributed by atoms with van der Waals surface area (Å²) in [7, 11) is 3.22.